The Balaban J connectivity index is 2.37. The van der Waals surface area contributed by atoms with Crippen LogP contribution in [0, 0.1) is 5.41 Å². The van der Waals surface area contributed by atoms with Gasteiger partial charge in [0.25, 0.3) is 0 Å². The molecule has 0 amide bonds. The molecule has 3 heteroatoms. The zero-order valence-corrected chi connectivity index (χ0v) is 12.0. The van der Waals surface area contributed by atoms with E-state index in [-0.39, 0.29) is 0 Å². The first kappa shape index (κ1) is 14.2. The Morgan fingerprint density at radius 2 is 2.12 bits per heavy atom. The SMILES string of the molecule is CCNC(CCCc1cnn(C)c1)C(C)(C)C. The summed E-state index contributed by atoms with van der Waals surface area (Å²) < 4.78 is 1.88. The first-order chi connectivity index (χ1) is 7.93. The molecule has 1 heterocycles. The summed E-state index contributed by atoms with van der Waals surface area (Å²) in [7, 11) is 1.97. The maximum absolute atomic E-state index is 4.20. The van der Waals surface area contributed by atoms with Crippen LogP contribution in [0.4, 0.5) is 0 Å². The number of rotatable bonds is 6. The van der Waals surface area contributed by atoms with E-state index in [0.717, 1.165) is 13.0 Å². The van der Waals surface area contributed by atoms with E-state index in [1.54, 1.807) is 0 Å². The monoisotopic (exact) mass is 237 g/mol. The summed E-state index contributed by atoms with van der Waals surface area (Å²) in [5.41, 5.74) is 1.68. The van der Waals surface area contributed by atoms with Crippen LogP contribution in [-0.4, -0.2) is 22.4 Å². The summed E-state index contributed by atoms with van der Waals surface area (Å²) in [6, 6.07) is 0.601. The van der Waals surface area contributed by atoms with Crippen molar-refractivity contribution < 1.29 is 0 Å². The highest BCUT2D eigenvalue weighted by Gasteiger charge is 2.22. The Morgan fingerprint density at radius 1 is 1.41 bits per heavy atom. The number of aromatic nitrogens is 2. The molecule has 1 aromatic rings. The van der Waals surface area contributed by atoms with Crippen LogP contribution >= 0.6 is 0 Å². The van der Waals surface area contributed by atoms with E-state index in [4.69, 9.17) is 0 Å². The third-order valence-corrected chi connectivity index (χ3v) is 3.21. The van der Waals surface area contributed by atoms with E-state index in [2.05, 4.69) is 44.3 Å². The van der Waals surface area contributed by atoms with Crippen LogP contribution in [0.2, 0.25) is 0 Å². The van der Waals surface area contributed by atoms with Crippen molar-refractivity contribution in [2.75, 3.05) is 6.54 Å². The van der Waals surface area contributed by atoms with Crippen molar-refractivity contribution in [2.45, 2.75) is 53.0 Å². The summed E-state index contributed by atoms with van der Waals surface area (Å²) in [5.74, 6) is 0. The maximum atomic E-state index is 4.20. The molecule has 1 N–H and O–H groups in total. The fourth-order valence-corrected chi connectivity index (χ4v) is 2.20. The van der Waals surface area contributed by atoms with Gasteiger partial charge in [0.2, 0.25) is 0 Å². The average Bonchev–Trinajstić information content (AvgIpc) is 2.61. The average molecular weight is 237 g/mol. The number of hydrogen-bond donors (Lipinski definition) is 1. The summed E-state index contributed by atoms with van der Waals surface area (Å²) in [4.78, 5) is 0. The lowest BCUT2D eigenvalue weighted by molar-refractivity contribution is 0.254. The highest BCUT2D eigenvalue weighted by atomic mass is 15.2. The van der Waals surface area contributed by atoms with Crippen molar-refractivity contribution in [3.05, 3.63) is 18.0 Å². The maximum Gasteiger partial charge on any atom is 0.0521 e. The van der Waals surface area contributed by atoms with Crippen LogP contribution in [0.5, 0.6) is 0 Å². The van der Waals surface area contributed by atoms with E-state index in [9.17, 15) is 0 Å². The minimum Gasteiger partial charge on any atom is -0.314 e. The molecular formula is C14H27N3. The highest BCUT2D eigenvalue weighted by Crippen LogP contribution is 2.23. The molecule has 0 aliphatic rings. The van der Waals surface area contributed by atoms with Crippen molar-refractivity contribution in [1.29, 1.82) is 0 Å². The van der Waals surface area contributed by atoms with Gasteiger partial charge in [-0.05, 0) is 36.8 Å². The third kappa shape index (κ3) is 4.90. The van der Waals surface area contributed by atoms with Gasteiger partial charge in [0.1, 0.15) is 0 Å². The first-order valence-electron chi connectivity index (χ1n) is 6.64. The van der Waals surface area contributed by atoms with Crippen molar-refractivity contribution >= 4 is 0 Å². The summed E-state index contributed by atoms with van der Waals surface area (Å²) in [6.07, 6.45) is 7.66. The summed E-state index contributed by atoms with van der Waals surface area (Å²) >= 11 is 0. The normalized spacial score (nSPS) is 13.9. The molecule has 0 spiro atoms. The van der Waals surface area contributed by atoms with E-state index in [1.807, 2.05) is 17.9 Å². The largest absolute Gasteiger partial charge is 0.314 e. The predicted octanol–water partition coefficient (Wildman–Crippen LogP) is 2.77. The highest BCUT2D eigenvalue weighted by molar-refractivity contribution is 5.03. The minimum atomic E-state index is 0.338. The second kappa shape index (κ2) is 6.20. The molecule has 1 rings (SSSR count). The Hall–Kier alpha value is -0.830. The number of nitrogens with one attached hydrogen (secondary N) is 1. The Kier molecular flexibility index (Phi) is 5.19. The zero-order chi connectivity index (χ0) is 12.9. The van der Waals surface area contributed by atoms with Crippen molar-refractivity contribution in [3.63, 3.8) is 0 Å². The molecule has 1 aromatic heterocycles. The van der Waals surface area contributed by atoms with Gasteiger partial charge in [0.15, 0.2) is 0 Å². The molecule has 0 aliphatic heterocycles. The minimum absolute atomic E-state index is 0.338. The van der Waals surface area contributed by atoms with Gasteiger partial charge >= 0.3 is 0 Å². The van der Waals surface area contributed by atoms with Crippen molar-refractivity contribution in [3.8, 4) is 0 Å². The van der Waals surface area contributed by atoms with Crippen molar-refractivity contribution in [1.82, 2.24) is 15.1 Å². The molecule has 3 nitrogen and oxygen atoms in total. The van der Waals surface area contributed by atoms with E-state index in [0.29, 0.717) is 11.5 Å². The second-order valence-electron chi connectivity index (χ2n) is 5.89. The molecule has 0 saturated heterocycles. The first-order valence-corrected chi connectivity index (χ1v) is 6.64. The molecular weight excluding hydrogens is 210 g/mol. The third-order valence-electron chi connectivity index (χ3n) is 3.21. The second-order valence-corrected chi connectivity index (χ2v) is 5.89. The molecule has 0 aliphatic carbocycles. The quantitative estimate of drug-likeness (QED) is 0.824. The molecule has 17 heavy (non-hydrogen) atoms. The standard InChI is InChI=1S/C14H27N3/c1-6-15-13(14(2,3)4)9-7-8-12-10-16-17(5)11-12/h10-11,13,15H,6-9H2,1-5H3. The fraction of sp³-hybridized carbons (Fsp3) is 0.786. The van der Waals surface area contributed by atoms with Crippen LogP contribution in [0.3, 0.4) is 0 Å². The van der Waals surface area contributed by atoms with E-state index in [1.165, 1.54) is 18.4 Å². The fourth-order valence-electron chi connectivity index (χ4n) is 2.20. The predicted molar refractivity (Wildman–Crippen MR) is 73.1 cm³/mol. The van der Waals surface area contributed by atoms with E-state index < -0.39 is 0 Å². The van der Waals surface area contributed by atoms with Crippen LogP contribution in [0.25, 0.3) is 0 Å². The summed E-state index contributed by atoms with van der Waals surface area (Å²) in [5, 5.41) is 7.79. The lowest BCUT2D eigenvalue weighted by atomic mass is 9.83. The van der Waals surface area contributed by atoms with Gasteiger partial charge in [0, 0.05) is 19.3 Å². The summed E-state index contributed by atoms with van der Waals surface area (Å²) in [6.45, 7) is 10.2. The lowest BCUT2D eigenvalue weighted by Gasteiger charge is -2.31. The molecule has 0 aromatic carbocycles. The molecule has 0 fully saturated rings. The Bertz CT molecular complexity index is 322. The Labute approximate surface area is 106 Å². The Morgan fingerprint density at radius 3 is 2.59 bits per heavy atom. The van der Waals surface area contributed by atoms with E-state index >= 15 is 0 Å². The molecule has 0 radical (unpaired) electrons. The smallest absolute Gasteiger partial charge is 0.0521 e. The topological polar surface area (TPSA) is 29.9 Å². The lowest BCUT2D eigenvalue weighted by Crippen LogP contribution is -2.40. The molecule has 0 saturated carbocycles. The van der Waals surface area contributed by atoms with Crippen LogP contribution < -0.4 is 5.32 Å². The van der Waals surface area contributed by atoms with Gasteiger partial charge < -0.3 is 5.32 Å². The van der Waals surface area contributed by atoms with Gasteiger partial charge in [-0.1, -0.05) is 27.7 Å². The number of nitrogens with zero attached hydrogens (tertiary/aromatic N) is 2. The van der Waals surface area contributed by atoms with Crippen LogP contribution in [0.1, 0.15) is 46.1 Å². The molecule has 0 bridgehead atoms. The van der Waals surface area contributed by atoms with Crippen molar-refractivity contribution in [2.24, 2.45) is 12.5 Å². The van der Waals surface area contributed by atoms with Crippen LogP contribution in [0.15, 0.2) is 12.4 Å². The zero-order valence-electron chi connectivity index (χ0n) is 12.0. The number of aryl methyl sites for hydroxylation is 2. The van der Waals surface area contributed by atoms with Crippen LogP contribution in [-0.2, 0) is 13.5 Å². The molecule has 1 unspecified atom stereocenters. The van der Waals surface area contributed by atoms with Gasteiger partial charge in [0.05, 0.1) is 6.20 Å². The molecule has 1 atom stereocenters. The van der Waals surface area contributed by atoms with Gasteiger partial charge in [-0.3, -0.25) is 4.68 Å². The van der Waals surface area contributed by atoms with Gasteiger partial charge in [-0.15, -0.1) is 0 Å². The number of hydrogen-bond acceptors (Lipinski definition) is 2. The van der Waals surface area contributed by atoms with Gasteiger partial charge in [-0.2, -0.15) is 5.10 Å². The molecule has 98 valence electrons. The van der Waals surface area contributed by atoms with Gasteiger partial charge in [-0.25, -0.2) is 0 Å².